The van der Waals surface area contributed by atoms with Gasteiger partial charge in [-0.1, -0.05) is 12.8 Å². The first-order valence-corrected chi connectivity index (χ1v) is 6.87. The van der Waals surface area contributed by atoms with Gasteiger partial charge in [0.15, 0.2) is 5.65 Å². The Morgan fingerprint density at radius 2 is 2.00 bits per heavy atom. The average molecular weight is 271 g/mol. The second-order valence-electron chi connectivity index (χ2n) is 5.14. The van der Waals surface area contributed by atoms with Gasteiger partial charge in [-0.05, 0) is 25.0 Å². The third kappa shape index (κ3) is 2.54. The average Bonchev–Trinajstić information content (AvgIpc) is 2.47. The molecule has 2 atom stereocenters. The van der Waals surface area contributed by atoms with E-state index in [1.807, 2.05) is 12.1 Å². The first kappa shape index (κ1) is 12.8. The van der Waals surface area contributed by atoms with Crippen molar-refractivity contribution in [1.82, 2.24) is 15.0 Å². The van der Waals surface area contributed by atoms with Crippen molar-refractivity contribution in [3.63, 3.8) is 0 Å². The lowest BCUT2D eigenvalue weighted by molar-refractivity contribution is -0.122. The number of pyridine rings is 1. The van der Waals surface area contributed by atoms with Crippen molar-refractivity contribution in [3.05, 3.63) is 24.5 Å². The number of carbonyl (C=O) groups excluding carboxylic acids is 1. The zero-order valence-electron chi connectivity index (χ0n) is 11.1. The number of hydrogen-bond acceptors (Lipinski definition) is 5. The fraction of sp³-hybridized carbons (Fsp3) is 0.429. The molecule has 2 unspecified atom stereocenters. The number of anilines is 1. The molecule has 1 aliphatic rings. The van der Waals surface area contributed by atoms with E-state index in [-0.39, 0.29) is 17.9 Å². The molecule has 3 rings (SSSR count). The molecule has 3 N–H and O–H groups in total. The van der Waals surface area contributed by atoms with Crippen LogP contribution in [0.2, 0.25) is 0 Å². The summed E-state index contributed by atoms with van der Waals surface area (Å²) in [6.45, 7) is 0. The smallest absolute Gasteiger partial charge is 0.222 e. The molecular formula is C14H17N5O. The summed E-state index contributed by atoms with van der Waals surface area (Å²) < 4.78 is 0. The molecule has 6 heteroatoms. The highest BCUT2D eigenvalue weighted by Gasteiger charge is 2.29. The minimum atomic E-state index is -0.234. The van der Waals surface area contributed by atoms with Gasteiger partial charge in [-0.3, -0.25) is 9.78 Å². The second-order valence-corrected chi connectivity index (χ2v) is 5.14. The fourth-order valence-corrected chi connectivity index (χ4v) is 2.77. The highest BCUT2D eigenvalue weighted by molar-refractivity contribution is 5.78. The van der Waals surface area contributed by atoms with Gasteiger partial charge in [0.25, 0.3) is 0 Å². The number of nitrogens with one attached hydrogen (secondary N) is 1. The largest absolute Gasteiger partial charge is 0.369 e. The summed E-state index contributed by atoms with van der Waals surface area (Å²) in [4.78, 5) is 24.3. The monoisotopic (exact) mass is 271 g/mol. The van der Waals surface area contributed by atoms with Gasteiger partial charge in [0.05, 0.1) is 5.92 Å². The van der Waals surface area contributed by atoms with Gasteiger partial charge in [0.2, 0.25) is 5.91 Å². The van der Waals surface area contributed by atoms with Crippen molar-refractivity contribution >= 4 is 22.9 Å². The van der Waals surface area contributed by atoms with Crippen LogP contribution in [-0.4, -0.2) is 26.9 Å². The van der Waals surface area contributed by atoms with Gasteiger partial charge in [0.1, 0.15) is 11.3 Å². The van der Waals surface area contributed by atoms with E-state index in [4.69, 9.17) is 5.73 Å². The van der Waals surface area contributed by atoms with E-state index in [0.717, 1.165) is 37.0 Å². The van der Waals surface area contributed by atoms with E-state index in [0.29, 0.717) is 5.65 Å². The van der Waals surface area contributed by atoms with Crippen LogP contribution >= 0.6 is 0 Å². The third-order valence-electron chi connectivity index (χ3n) is 3.80. The van der Waals surface area contributed by atoms with E-state index < -0.39 is 0 Å². The number of nitrogens with two attached hydrogens (primary N) is 1. The number of rotatable bonds is 3. The predicted octanol–water partition coefficient (Wildman–Crippen LogP) is 1.48. The maximum absolute atomic E-state index is 11.5. The van der Waals surface area contributed by atoms with Crippen molar-refractivity contribution in [1.29, 1.82) is 0 Å². The van der Waals surface area contributed by atoms with Gasteiger partial charge < -0.3 is 11.1 Å². The van der Waals surface area contributed by atoms with Gasteiger partial charge in [0, 0.05) is 18.4 Å². The van der Waals surface area contributed by atoms with Crippen LogP contribution < -0.4 is 11.1 Å². The first-order chi connectivity index (χ1) is 9.74. The second kappa shape index (κ2) is 5.40. The van der Waals surface area contributed by atoms with E-state index in [1.54, 1.807) is 12.4 Å². The first-order valence-electron chi connectivity index (χ1n) is 6.87. The molecule has 104 valence electrons. The van der Waals surface area contributed by atoms with Gasteiger partial charge in [-0.25, -0.2) is 9.97 Å². The Morgan fingerprint density at radius 3 is 2.85 bits per heavy atom. The number of carbonyl (C=O) groups is 1. The quantitative estimate of drug-likeness (QED) is 0.881. The molecule has 1 fully saturated rings. The fourth-order valence-electron chi connectivity index (χ4n) is 2.77. The Bertz CT molecular complexity index is 630. The van der Waals surface area contributed by atoms with Crippen LogP contribution in [0.3, 0.4) is 0 Å². The standard InChI is InChI=1S/C14H17N5O/c15-13(20)9-3-1-2-4-10(9)18-12-6-5-11-14(19-12)17-8-7-16-11/h5-10H,1-4H2,(H2,15,20)(H,17,18,19). The molecule has 2 aromatic rings. The molecule has 0 aromatic carbocycles. The van der Waals surface area contributed by atoms with Crippen LogP contribution in [0.25, 0.3) is 11.2 Å². The number of aromatic nitrogens is 3. The molecule has 2 heterocycles. The molecule has 0 radical (unpaired) electrons. The Morgan fingerprint density at radius 1 is 1.20 bits per heavy atom. The molecular weight excluding hydrogens is 254 g/mol. The van der Waals surface area contributed by atoms with Crippen molar-refractivity contribution < 1.29 is 4.79 Å². The van der Waals surface area contributed by atoms with Crippen LogP contribution in [0.5, 0.6) is 0 Å². The Kier molecular flexibility index (Phi) is 3.45. The highest BCUT2D eigenvalue weighted by atomic mass is 16.1. The maximum Gasteiger partial charge on any atom is 0.222 e. The Labute approximate surface area is 116 Å². The van der Waals surface area contributed by atoms with Crippen molar-refractivity contribution in [3.8, 4) is 0 Å². The van der Waals surface area contributed by atoms with Gasteiger partial charge in [-0.15, -0.1) is 0 Å². The van der Waals surface area contributed by atoms with E-state index in [1.165, 1.54) is 0 Å². The number of nitrogens with zero attached hydrogens (tertiary/aromatic N) is 3. The summed E-state index contributed by atoms with van der Waals surface area (Å²) in [5.74, 6) is 0.363. The van der Waals surface area contributed by atoms with Crippen molar-refractivity contribution in [2.24, 2.45) is 11.7 Å². The van der Waals surface area contributed by atoms with E-state index in [9.17, 15) is 4.79 Å². The third-order valence-corrected chi connectivity index (χ3v) is 3.80. The van der Waals surface area contributed by atoms with E-state index >= 15 is 0 Å². The molecule has 1 amide bonds. The minimum absolute atomic E-state index is 0.0582. The zero-order valence-corrected chi connectivity index (χ0v) is 11.1. The topological polar surface area (TPSA) is 93.8 Å². The van der Waals surface area contributed by atoms with Crippen LogP contribution in [0, 0.1) is 5.92 Å². The molecule has 0 aliphatic heterocycles. The number of hydrogen-bond donors (Lipinski definition) is 2. The molecule has 1 aliphatic carbocycles. The molecule has 6 nitrogen and oxygen atoms in total. The summed E-state index contributed by atoms with van der Waals surface area (Å²) >= 11 is 0. The van der Waals surface area contributed by atoms with Crippen LogP contribution in [0.1, 0.15) is 25.7 Å². The molecule has 0 saturated heterocycles. The Balaban J connectivity index is 1.82. The number of amides is 1. The summed E-state index contributed by atoms with van der Waals surface area (Å²) in [6, 6.07) is 3.80. The lowest BCUT2D eigenvalue weighted by atomic mass is 9.84. The molecule has 20 heavy (non-hydrogen) atoms. The predicted molar refractivity (Wildman–Crippen MR) is 75.9 cm³/mol. The normalized spacial score (nSPS) is 22.6. The summed E-state index contributed by atoms with van der Waals surface area (Å²) in [5, 5.41) is 3.32. The zero-order chi connectivity index (χ0) is 13.9. The molecule has 1 saturated carbocycles. The molecule has 2 aromatic heterocycles. The van der Waals surface area contributed by atoms with Gasteiger partial charge in [-0.2, -0.15) is 0 Å². The van der Waals surface area contributed by atoms with Crippen LogP contribution in [0.4, 0.5) is 5.82 Å². The lowest BCUT2D eigenvalue weighted by Gasteiger charge is -2.30. The summed E-state index contributed by atoms with van der Waals surface area (Å²) in [5.41, 5.74) is 6.84. The van der Waals surface area contributed by atoms with Crippen LogP contribution in [0.15, 0.2) is 24.5 Å². The van der Waals surface area contributed by atoms with Gasteiger partial charge >= 0.3 is 0 Å². The number of primary amides is 1. The highest BCUT2D eigenvalue weighted by Crippen LogP contribution is 2.26. The molecule has 0 bridgehead atoms. The lowest BCUT2D eigenvalue weighted by Crippen LogP contribution is -2.40. The van der Waals surface area contributed by atoms with Crippen molar-refractivity contribution in [2.75, 3.05) is 5.32 Å². The Hall–Kier alpha value is -2.24. The summed E-state index contributed by atoms with van der Waals surface area (Å²) in [7, 11) is 0. The van der Waals surface area contributed by atoms with Crippen molar-refractivity contribution in [2.45, 2.75) is 31.7 Å². The molecule has 0 spiro atoms. The maximum atomic E-state index is 11.5. The van der Waals surface area contributed by atoms with Crippen LogP contribution in [-0.2, 0) is 4.79 Å². The summed E-state index contributed by atoms with van der Waals surface area (Å²) in [6.07, 6.45) is 7.21. The van der Waals surface area contributed by atoms with E-state index in [2.05, 4.69) is 20.3 Å². The minimum Gasteiger partial charge on any atom is -0.369 e. The SMILES string of the molecule is NC(=O)C1CCCCC1Nc1ccc2nccnc2n1. The number of fused-ring (bicyclic) bond motifs is 1.